The zero-order chi connectivity index (χ0) is 11.5. The van der Waals surface area contributed by atoms with Crippen LogP contribution in [-0.4, -0.2) is 35.1 Å². The summed E-state index contributed by atoms with van der Waals surface area (Å²) < 4.78 is 0. The molecule has 0 amide bonds. The molecule has 3 atom stereocenters. The second-order valence-corrected chi connectivity index (χ2v) is 5.53. The quantitative estimate of drug-likeness (QED) is 0.877. The molecule has 16 heavy (non-hydrogen) atoms. The molecule has 1 fully saturated rings. The summed E-state index contributed by atoms with van der Waals surface area (Å²) in [6.45, 7) is 9.04. The highest BCUT2D eigenvalue weighted by Gasteiger charge is 2.29. The van der Waals surface area contributed by atoms with Crippen LogP contribution in [0.2, 0.25) is 0 Å². The van der Waals surface area contributed by atoms with E-state index in [1.54, 1.807) is 11.3 Å². The van der Waals surface area contributed by atoms with Gasteiger partial charge in [0.2, 0.25) is 0 Å². The maximum absolute atomic E-state index is 4.43. The summed E-state index contributed by atoms with van der Waals surface area (Å²) in [6.07, 6.45) is 3.11. The maximum atomic E-state index is 4.43. The first kappa shape index (κ1) is 12.0. The van der Waals surface area contributed by atoms with Crippen molar-refractivity contribution < 1.29 is 0 Å². The average Bonchev–Trinajstić information content (AvgIpc) is 2.82. The largest absolute Gasteiger partial charge is 0.311 e. The van der Waals surface area contributed by atoms with Crippen molar-refractivity contribution in [1.82, 2.24) is 15.2 Å². The van der Waals surface area contributed by atoms with E-state index in [1.165, 1.54) is 11.4 Å². The summed E-state index contributed by atoms with van der Waals surface area (Å²) in [5.41, 5.74) is 0. The predicted molar refractivity (Wildman–Crippen MR) is 68.8 cm³/mol. The van der Waals surface area contributed by atoms with Crippen LogP contribution >= 0.6 is 11.3 Å². The lowest BCUT2D eigenvalue weighted by atomic mass is 10.1. The van der Waals surface area contributed by atoms with Crippen LogP contribution in [0.15, 0.2) is 11.6 Å². The molecule has 3 nitrogen and oxygen atoms in total. The van der Waals surface area contributed by atoms with Gasteiger partial charge in [0.25, 0.3) is 0 Å². The third-order valence-corrected chi connectivity index (χ3v) is 4.44. The van der Waals surface area contributed by atoms with Crippen LogP contribution in [0.4, 0.5) is 0 Å². The topological polar surface area (TPSA) is 28.2 Å². The number of rotatable bonds is 3. The van der Waals surface area contributed by atoms with Crippen LogP contribution in [-0.2, 0) is 0 Å². The molecule has 3 unspecified atom stereocenters. The van der Waals surface area contributed by atoms with Gasteiger partial charge in [-0.05, 0) is 20.3 Å². The Morgan fingerprint density at radius 1 is 1.69 bits per heavy atom. The van der Waals surface area contributed by atoms with E-state index in [4.69, 9.17) is 0 Å². The third-order valence-electron chi connectivity index (χ3n) is 3.50. The van der Waals surface area contributed by atoms with Gasteiger partial charge in [-0.2, -0.15) is 0 Å². The molecule has 0 aliphatic carbocycles. The summed E-state index contributed by atoms with van der Waals surface area (Å²) in [5.74, 6) is 0. The van der Waals surface area contributed by atoms with Crippen molar-refractivity contribution in [3.05, 3.63) is 16.6 Å². The summed E-state index contributed by atoms with van der Waals surface area (Å²) in [4.78, 5) is 7.01. The first-order chi connectivity index (χ1) is 7.72. The van der Waals surface area contributed by atoms with Crippen molar-refractivity contribution in [2.75, 3.05) is 13.1 Å². The molecule has 1 aromatic rings. The van der Waals surface area contributed by atoms with Crippen molar-refractivity contribution in [1.29, 1.82) is 0 Å². The van der Waals surface area contributed by atoms with Crippen molar-refractivity contribution >= 4 is 11.3 Å². The van der Waals surface area contributed by atoms with Gasteiger partial charge >= 0.3 is 0 Å². The fourth-order valence-electron chi connectivity index (χ4n) is 2.35. The minimum Gasteiger partial charge on any atom is -0.311 e. The Bertz CT molecular complexity index is 312. The van der Waals surface area contributed by atoms with Crippen molar-refractivity contribution in [2.45, 2.75) is 45.3 Å². The van der Waals surface area contributed by atoms with Crippen LogP contribution in [0, 0.1) is 0 Å². The molecular weight excluding hydrogens is 218 g/mol. The monoisotopic (exact) mass is 239 g/mol. The van der Waals surface area contributed by atoms with E-state index < -0.39 is 0 Å². The summed E-state index contributed by atoms with van der Waals surface area (Å²) in [5, 5.41) is 6.89. The van der Waals surface area contributed by atoms with E-state index in [-0.39, 0.29) is 0 Å². The lowest BCUT2D eigenvalue weighted by Crippen LogP contribution is -2.55. The zero-order valence-corrected chi connectivity index (χ0v) is 11.1. The Labute approximate surface area is 102 Å². The van der Waals surface area contributed by atoms with Crippen LogP contribution in [0.25, 0.3) is 0 Å². The van der Waals surface area contributed by atoms with Crippen molar-refractivity contribution in [2.24, 2.45) is 0 Å². The van der Waals surface area contributed by atoms with E-state index in [9.17, 15) is 0 Å². The molecule has 2 heterocycles. The Morgan fingerprint density at radius 3 is 3.12 bits per heavy atom. The zero-order valence-electron chi connectivity index (χ0n) is 10.3. The Hall–Kier alpha value is -0.450. The highest BCUT2D eigenvalue weighted by atomic mass is 32.1. The number of aromatic nitrogens is 1. The van der Waals surface area contributed by atoms with Gasteiger partial charge in [0.05, 0.1) is 6.04 Å². The summed E-state index contributed by atoms with van der Waals surface area (Å²) >= 11 is 1.76. The number of nitrogens with zero attached hydrogens (tertiary/aromatic N) is 2. The number of hydrogen-bond acceptors (Lipinski definition) is 4. The van der Waals surface area contributed by atoms with Gasteiger partial charge in [-0.1, -0.05) is 6.92 Å². The lowest BCUT2D eigenvalue weighted by Gasteiger charge is -2.41. The van der Waals surface area contributed by atoms with E-state index in [1.807, 2.05) is 6.20 Å². The minimum atomic E-state index is 0.450. The molecule has 2 rings (SSSR count). The molecule has 1 aromatic heterocycles. The normalized spacial score (nSPS) is 29.2. The molecule has 1 N–H and O–H groups in total. The van der Waals surface area contributed by atoms with Gasteiger partial charge in [-0.25, -0.2) is 4.98 Å². The first-order valence-electron chi connectivity index (χ1n) is 6.11. The van der Waals surface area contributed by atoms with Crippen LogP contribution in [0.5, 0.6) is 0 Å². The summed E-state index contributed by atoms with van der Waals surface area (Å²) in [6, 6.07) is 1.69. The van der Waals surface area contributed by atoms with Crippen LogP contribution in [0.3, 0.4) is 0 Å². The standard InChI is InChI=1S/C12H21N3S/c1-4-11-8-15(9(2)7-14-11)10(3)12-13-5-6-16-12/h5-6,9-11,14H,4,7-8H2,1-3H3. The SMILES string of the molecule is CCC1CN(C(C)c2nccs2)C(C)CN1. The summed E-state index contributed by atoms with van der Waals surface area (Å²) in [7, 11) is 0. The van der Waals surface area contributed by atoms with Crippen molar-refractivity contribution in [3.8, 4) is 0 Å². The van der Waals surface area contributed by atoms with Gasteiger partial charge < -0.3 is 5.32 Å². The van der Waals surface area contributed by atoms with Crippen LogP contribution in [0.1, 0.15) is 38.2 Å². The fraction of sp³-hybridized carbons (Fsp3) is 0.750. The Balaban J connectivity index is 2.06. The molecule has 0 spiro atoms. The molecule has 1 aliphatic rings. The Kier molecular flexibility index (Phi) is 3.95. The number of hydrogen-bond donors (Lipinski definition) is 1. The van der Waals surface area contributed by atoms with Crippen molar-refractivity contribution in [3.63, 3.8) is 0 Å². The lowest BCUT2D eigenvalue weighted by molar-refractivity contribution is 0.0974. The predicted octanol–water partition coefficient (Wildman–Crippen LogP) is 2.28. The molecular formula is C12H21N3S. The highest BCUT2D eigenvalue weighted by Crippen LogP contribution is 2.26. The molecule has 0 saturated carbocycles. The average molecular weight is 239 g/mol. The maximum Gasteiger partial charge on any atom is 0.109 e. The second-order valence-electron chi connectivity index (χ2n) is 4.61. The highest BCUT2D eigenvalue weighted by molar-refractivity contribution is 7.09. The molecule has 0 aromatic carbocycles. The Morgan fingerprint density at radius 2 is 2.50 bits per heavy atom. The van der Waals surface area contributed by atoms with Gasteiger partial charge in [-0.3, -0.25) is 4.90 Å². The van der Waals surface area contributed by atoms with Gasteiger partial charge in [0, 0.05) is 36.8 Å². The fourth-order valence-corrected chi connectivity index (χ4v) is 3.06. The number of thiazole rings is 1. The van der Waals surface area contributed by atoms with E-state index in [0.717, 1.165) is 13.1 Å². The van der Waals surface area contributed by atoms with E-state index in [0.29, 0.717) is 18.1 Å². The molecule has 0 bridgehead atoms. The minimum absolute atomic E-state index is 0.450. The first-order valence-corrected chi connectivity index (χ1v) is 6.98. The van der Waals surface area contributed by atoms with Crippen LogP contribution < -0.4 is 5.32 Å². The third kappa shape index (κ3) is 2.44. The van der Waals surface area contributed by atoms with Gasteiger partial charge in [-0.15, -0.1) is 11.3 Å². The second kappa shape index (κ2) is 5.25. The molecule has 1 aliphatic heterocycles. The number of piperazine rings is 1. The van der Waals surface area contributed by atoms with Gasteiger partial charge in [0.1, 0.15) is 5.01 Å². The molecule has 1 saturated heterocycles. The molecule has 90 valence electrons. The number of nitrogens with one attached hydrogen (secondary N) is 1. The molecule has 0 radical (unpaired) electrons. The smallest absolute Gasteiger partial charge is 0.109 e. The van der Waals surface area contributed by atoms with E-state index in [2.05, 4.69) is 41.4 Å². The molecule has 4 heteroatoms. The van der Waals surface area contributed by atoms with Gasteiger partial charge in [0.15, 0.2) is 0 Å². The van der Waals surface area contributed by atoms with E-state index >= 15 is 0 Å².